The van der Waals surface area contributed by atoms with Crippen LogP contribution in [0.25, 0.3) is 0 Å². The number of rotatable bonds is 2. The molecular weight excluding hydrogens is 236 g/mol. The number of hydrogen-bond donors (Lipinski definition) is 4. The lowest BCUT2D eigenvalue weighted by atomic mass is 10.3. The number of hydrogen-bond acceptors (Lipinski definition) is 4. The summed E-state index contributed by atoms with van der Waals surface area (Å²) in [5.74, 6) is 0.105. The molecule has 1 aromatic rings. The lowest BCUT2D eigenvalue weighted by Gasteiger charge is -1.93. The Morgan fingerprint density at radius 2 is 2.00 bits per heavy atom. The summed E-state index contributed by atoms with van der Waals surface area (Å²) in [5.41, 5.74) is 11.3. The average molecular weight is 248 g/mol. The monoisotopic (exact) mass is 248 g/mol. The van der Waals surface area contributed by atoms with E-state index in [-0.39, 0.29) is 5.96 Å². The standard InChI is InChI=1S/C7H10N4.H2O4S/c8-7(9)11-5-6-2-1-3-10-4-6;1-5(2,3)4/h1-4H,5H2,(H4,8,9,11);(H2,1,2,3,4). The van der Waals surface area contributed by atoms with Crippen molar-refractivity contribution in [2.45, 2.75) is 6.54 Å². The molecule has 0 fully saturated rings. The van der Waals surface area contributed by atoms with E-state index >= 15 is 0 Å². The van der Waals surface area contributed by atoms with Gasteiger partial charge >= 0.3 is 10.4 Å². The minimum absolute atomic E-state index is 0.105. The van der Waals surface area contributed by atoms with Crippen molar-refractivity contribution in [2.24, 2.45) is 16.5 Å². The van der Waals surface area contributed by atoms with Gasteiger partial charge in [-0.25, -0.2) is 4.99 Å². The molecule has 1 aromatic heterocycles. The highest BCUT2D eigenvalue weighted by Gasteiger charge is 1.87. The predicted octanol–water partition coefficient (Wildman–Crippen LogP) is -0.798. The second-order valence-electron chi connectivity index (χ2n) is 2.55. The van der Waals surface area contributed by atoms with E-state index in [0.717, 1.165) is 5.56 Å². The lowest BCUT2D eigenvalue weighted by molar-refractivity contribution is 0.381. The van der Waals surface area contributed by atoms with Crippen molar-refractivity contribution in [2.75, 3.05) is 0 Å². The van der Waals surface area contributed by atoms with E-state index in [4.69, 9.17) is 29.0 Å². The molecule has 8 nitrogen and oxygen atoms in total. The van der Waals surface area contributed by atoms with Crippen molar-refractivity contribution in [1.29, 1.82) is 0 Å². The smallest absolute Gasteiger partial charge is 0.370 e. The van der Waals surface area contributed by atoms with E-state index in [1.54, 1.807) is 12.4 Å². The van der Waals surface area contributed by atoms with Gasteiger partial charge in [-0.3, -0.25) is 14.1 Å². The molecule has 0 amide bonds. The number of pyridine rings is 1. The SMILES string of the molecule is NC(N)=NCc1cccnc1.O=S(=O)(O)O. The van der Waals surface area contributed by atoms with Crippen LogP contribution < -0.4 is 11.5 Å². The molecule has 0 saturated carbocycles. The summed E-state index contributed by atoms with van der Waals surface area (Å²) in [5, 5.41) is 0. The summed E-state index contributed by atoms with van der Waals surface area (Å²) in [6.45, 7) is 0.496. The van der Waals surface area contributed by atoms with E-state index in [1.165, 1.54) is 0 Å². The quantitative estimate of drug-likeness (QED) is 0.303. The predicted molar refractivity (Wildman–Crippen MR) is 57.9 cm³/mol. The van der Waals surface area contributed by atoms with Crippen LogP contribution in [0.5, 0.6) is 0 Å². The summed E-state index contributed by atoms with van der Waals surface area (Å²) in [4.78, 5) is 7.74. The first-order valence-corrected chi connectivity index (χ1v) is 5.33. The number of nitrogens with two attached hydrogens (primary N) is 2. The third-order valence-electron chi connectivity index (χ3n) is 1.17. The van der Waals surface area contributed by atoms with Crippen LogP contribution in [0.15, 0.2) is 29.5 Å². The largest absolute Gasteiger partial charge is 0.394 e. The van der Waals surface area contributed by atoms with Gasteiger partial charge in [0, 0.05) is 12.4 Å². The molecule has 0 aromatic carbocycles. The Hall–Kier alpha value is -1.71. The maximum atomic E-state index is 8.74. The van der Waals surface area contributed by atoms with Gasteiger partial charge in [0.05, 0.1) is 6.54 Å². The summed E-state index contributed by atoms with van der Waals surface area (Å²) >= 11 is 0. The van der Waals surface area contributed by atoms with Gasteiger partial charge in [-0.15, -0.1) is 0 Å². The van der Waals surface area contributed by atoms with Gasteiger partial charge in [-0.2, -0.15) is 8.42 Å². The van der Waals surface area contributed by atoms with Crippen LogP contribution >= 0.6 is 0 Å². The van der Waals surface area contributed by atoms with Crippen LogP contribution in [0.3, 0.4) is 0 Å². The van der Waals surface area contributed by atoms with E-state index < -0.39 is 10.4 Å². The molecule has 0 aliphatic rings. The Bertz CT molecular complexity index is 419. The second kappa shape index (κ2) is 6.71. The van der Waals surface area contributed by atoms with Gasteiger partial charge in [-0.05, 0) is 11.6 Å². The molecule has 6 N–H and O–H groups in total. The van der Waals surface area contributed by atoms with Crippen molar-refractivity contribution in [3.05, 3.63) is 30.1 Å². The summed E-state index contributed by atoms with van der Waals surface area (Å²) in [6.07, 6.45) is 3.44. The molecule has 0 aliphatic carbocycles. The Labute approximate surface area is 92.6 Å². The minimum Gasteiger partial charge on any atom is -0.370 e. The van der Waals surface area contributed by atoms with E-state index in [9.17, 15) is 0 Å². The summed E-state index contributed by atoms with van der Waals surface area (Å²) in [7, 11) is -4.67. The highest BCUT2D eigenvalue weighted by molar-refractivity contribution is 7.79. The van der Waals surface area contributed by atoms with Crippen molar-refractivity contribution < 1.29 is 17.5 Å². The molecule has 0 bridgehead atoms. The molecule has 9 heteroatoms. The number of guanidine groups is 1. The number of aromatic nitrogens is 1. The summed E-state index contributed by atoms with van der Waals surface area (Å²) < 4.78 is 31.6. The first-order valence-electron chi connectivity index (χ1n) is 3.93. The fraction of sp³-hybridized carbons (Fsp3) is 0.143. The maximum absolute atomic E-state index is 8.74. The molecule has 1 rings (SSSR count). The van der Waals surface area contributed by atoms with Crippen LogP contribution in [0, 0.1) is 0 Å². The van der Waals surface area contributed by atoms with Gasteiger partial charge in [0.2, 0.25) is 0 Å². The van der Waals surface area contributed by atoms with Crippen LogP contribution in [0.1, 0.15) is 5.56 Å². The van der Waals surface area contributed by atoms with Crippen molar-refractivity contribution in [3.63, 3.8) is 0 Å². The zero-order valence-electron chi connectivity index (χ0n) is 8.18. The zero-order valence-corrected chi connectivity index (χ0v) is 9.00. The lowest BCUT2D eigenvalue weighted by Crippen LogP contribution is -2.22. The minimum atomic E-state index is -4.67. The van der Waals surface area contributed by atoms with Gasteiger partial charge in [0.25, 0.3) is 0 Å². The van der Waals surface area contributed by atoms with Crippen molar-refractivity contribution in [1.82, 2.24) is 4.98 Å². The third-order valence-corrected chi connectivity index (χ3v) is 1.17. The molecular formula is C7H12N4O4S. The van der Waals surface area contributed by atoms with Gasteiger partial charge < -0.3 is 11.5 Å². The molecule has 0 saturated heterocycles. The second-order valence-corrected chi connectivity index (χ2v) is 3.45. The first kappa shape index (κ1) is 14.3. The molecule has 16 heavy (non-hydrogen) atoms. The Balaban J connectivity index is 0.000000385. The Kier molecular flexibility index (Phi) is 6.00. The molecule has 0 unspecified atom stereocenters. The van der Waals surface area contributed by atoms with Gasteiger partial charge in [0.1, 0.15) is 0 Å². The number of aliphatic imine (C=N–C) groups is 1. The fourth-order valence-corrected chi connectivity index (χ4v) is 0.674. The average Bonchev–Trinajstić information content (AvgIpc) is 2.14. The molecule has 0 spiro atoms. The van der Waals surface area contributed by atoms with Crippen LogP contribution in [-0.4, -0.2) is 28.5 Å². The summed E-state index contributed by atoms with van der Waals surface area (Å²) in [6, 6.07) is 3.76. The van der Waals surface area contributed by atoms with Gasteiger partial charge in [-0.1, -0.05) is 6.07 Å². The number of nitrogens with zero attached hydrogens (tertiary/aromatic N) is 2. The first-order chi connectivity index (χ1) is 7.29. The highest BCUT2D eigenvalue weighted by Crippen LogP contribution is 1.96. The fourth-order valence-electron chi connectivity index (χ4n) is 0.674. The maximum Gasteiger partial charge on any atom is 0.394 e. The van der Waals surface area contributed by atoms with E-state index in [0.29, 0.717) is 6.54 Å². The topological polar surface area (TPSA) is 152 Å². The van der Waals surface area contributed by atoms with E-state index in [1.807, 2.05) is 12.1 Å². The van der Waals surface area contributed by atoms with Crippen LogP contribution in [0.2, 0.25) is 0 Å². The van der Waals surface area contributed by atoms with Gasteiger partial charge in [0.15, 0.2) is 5.96 Å². The highest BCUT2D eigenvalue weighted by atomic mass is 32.3. The molecule has 0 atom stereocenters. The molecule has 0 aliphatic heterocycles. The molecule has 1 heterocycles. The Morgan fingerprint density at radius 3 is 2.38 bits per heavy atom. The van der Waals surface area contributed by atoms with Crippen LogP contribution in [-0.2, 0) is 16.9 Å². The molecule has 0 radical (unpaired) electrons. The van der Waals surface area contributed by atoms with E-state index in [2.05, 4.69) is 9.98 Å². The van der Waals surface area contributed by atoms with Crippen molar-refractivity contribution >= 4 is 16.4 Å². The zero-order chi connectivity index (χ0) is 12.6. The Morgan fingerprint density at radius 1 is 1.44 bits per heavy atom. The van der Waals surface area contributed by atoms with Crippen molar-refractivity contribution in [3.8, 4) is 0 Å². The third kappa shape index (κ3) is 12.3. The molecule has 90 valence electrons. The van der Waals surface area contributed by atoms with Crippen LogP contribution in [0.4, 0.5) is 0 Å². The normalized spacial score (nSPS) is 9.88.